The largest absolute Gasteiger partial charge is 0.574 e. The fourth-order valence-corrected chi connectivity index (χ4v) is 1.20. The summed E-state index contributed by atoms with van der Waals surface area (Å²) in [5.41, 5.74) is -2.25. The van der Waals surface area contributed by atoms with Crippen molar-refractivity contribution in [3.8, 4) is 11.6 Å². The molecule has 0 amide bonds. The minimum Gasteiger partial charge on any atom is -0.505 e. The number of aromatic hydroxyl groups is 1. The van der Waals surface area contributed by atoms with Gasteiger partial charge in [-0.25, -0.2) is 18.6 Å². The Morgan fingerprint density at radius 1 is 1.45 bits per heavy atom. The summed E-state index contributed by atoms with van der Waals surface area (Å²) >= 11 is 0. The summed E-state index contributed by atoms with van der Waals surface area (Å²) in [4.78, 5) is 14.2. The number of carbonyl (C=O) groups is 1. The molecule has 20 heavy (non-hydrogen) atoms. The summed E-state index contributed by atoms with van der Waals surface area (Å²) in [5, 5.41) is 9.33. The standard InChI is InChI=1S/C10H8F5NO4/c1-2-19-9(18)6-5(17)3-4(7(11)12)8(16-6)20-10(13,14)15/h3,7,17H,2H2,1H3. The molecule has 0 aliphatic rings. The summed E-state index contributed by atoms with van der Waals surface area (Å²) in [6.45, 7) is 1.25. The van der Waals surface area contributed by atoms with Crippen molar-refractivity contribution in [3.05, 3.63) is 17.3 Å². The van der Waals surface area contributed by atoms with Crippen LogP contribution in [0.4, 0.5) is 22.0 Å². The number of rotatable bonds is 4. The van der Waals surface area contributed by atoms with Crippen molar-refractivity contribution in [2.75, 3.05) is 6.61 Å². The highest BCUT2D eigenvalue weighted by Gasteiger charge is 2.35. The maximum absolute atomic E-state index is 12.5. The molecule has 0 unspecified atom stereocenters. The Bertz CT molecular complexity index is 503. The van der Waals surface area contributed by atoms with Crippen molar-refractivity contribution in [2.24, 2.45) is 0 Å². The fraction of sp³-hybridized carbons (Fsp3) is 0.400. The summed E-state index contributed by atoms with van der Waals surface area (Å²) in [5.74, 6) is -3.82. The van der Waals surface area contributed by atoms with Gasteiger partial charge in [0.1, 0.15) is 5.75 Å². The third-order valence-electron chi connectivity index (χ3n) is 1.91. The number of pyridine rings is 1. The lowest BCUT2D eigenvalue weighted by Gasteiger charge is -2.13. The van der Waals surface area contributed by atoms with E-state index >= 15 is 0 Å². The van der Waals surface area contributed by atoms with Crippen LogP contribution >= 0.6 is 0 Å². The topological polar surface area (TPSA) is 68.7 Å². The average molecular weight is 301 g/mol. The number of aromatic nitrogens is 1. The van der Waals surface area contributed by atoms with Gasteiger partial charge in [-0.05, 0) is 13.0 Å². The van der Waals surface area contributed by atoms with Crippen LogP contribution in [0.25, 0.3) is 0 Å². The van der Waals surface area contributed by atoms with Gasteiger partial charge in [-0.2, -0.15) is 0 Å². The lowest BCUT2D eigenvalue weighted by molar-refractivity contribution is -0.276. The van der Waals surface area contributed by atoms with Gasteiger partial charge in [0.2, 0.25) is 5.88 Å². The number of ether oxygens (including phenoxy) is 2. The normalized spacial score (nSPS) is 11.6. The third-order valence-corrected chi connectivity index (χ3v) is 1.91. The molecule has 1 N–H and O–H groups in total. The second-order valence-corrected chi connectivity index (χ2v) is 3.32. The molecule has 0 saturated heterocycles. The molecule has 0 bridgehead atoms. The van der Waals surface area contributed by atoms with E-state index in [4.69, 9.17) is 0 Å². The van der Waals surface area contributed by atoms with Gasteiger partial charge >= 0.3 is 12.3 Å². The maximum atomic E-state index is 12.5. The average Bonchev–Trinajstić information content (AvgIpc) is 2.29. The molecule has 10 heteroatoms. The zero-order chi connectivity index (χ0) is 15.5. The smallest absolute Gasteiger partial charge is 0.505 e. The molecule has 1 aromatic heterocycles. The van der Waals surface area contributed by atoms with Crippen LogP contribution in [0.3, 0.4) is 0 Å². The Morgan fingerprint density at radius 2 is 2.05 bits per heavy atom. The van der Waals surface area contributed by atoms with Crippen LogP contribution in [0, 0.1) is 0 Å². The molecular formula is C10H8F5NO4. The SMILES string of the molecule is CCOC(=O)c1nc(OC(F)(F)F)c(C(F)F)cc1O. The van der Waals surface area contributed by atoms with E-state index in [0.29, 0.717) is 0 Å². The second-order valence-electron chi connectivity index (χ2n) is 3.32. The number of hydrogen-bond acceptors (Lipinski definition) is 5. The van der Waals surface area contributed by atoms with Crippen molar-refractivity contribution in [1.29, 1.82) is 0 Å². The predicted octanol–water partition coefficient (Wildman–Crippen LogP) is 2.80. The van der Waals surface area contributed by atoms with E-state index in [9.17, 15) is 31.9 Å². The second kappa shape index (κ2) is 5.88. The first kappa shape index (κ1) is 15.9. The lowest BCUT2D eigenvalue weighted by Crippen LogP contribution is -2.20. The molecule has 0 aliphatic heterocycles. The first-order valence-corrected chi connectivity index (χ1v) is 5.10. The van der Waals surface area contributed by atoms with Gasteiger partial charge in [0.05, 0.1) is 12.2 Å². The Morgan fingerprint density at radius 3 is 2.50 bits per heavy atom. The molecule has 1 heterocycles. The summed E-state index contributed by atoms with van der Waals surface area (Å²) < 4.78 is 69.1. The van der Waals surface area contributed by atoms with E-state index in [-0.39, 0.29) is 12.7 Å². The van der Waals surface area contributed by atoms with Crippen LogP contribution in [-0.4, -0.2) is 29.0 Å². The molecule has 0 saturated carbocycles. The predicted molar refractivity (Wildman–Crippen MR) is 53.5 cm³/mol. The van der Waals surface area contributed by atoms with Gasteiger partial charge in [-0.15, -0.1) is 13.2 Å². The number of nitrogens with zero attached hydrogens (tertiary/aromatic N) is 1. The molecule has 0 spiro atoms. The quantitative estimate of drug-likeness (QED) is 0.684. The van der Waals surface area contributed by atoms with E-state index in [2.05, 4.69) is 14.5 Å². The molecule has 1 aromatic rings. The van der Waals surface area contributed by atoms with Crippen molar-refractivity contribution in [2.45, 2.75) is 19.7 Å². The van der Waals surface area contributed by atoms with Gasteiger partial charge in [0, 0.05) is 0 Å². The highest BCUT2D eigenvalue weighted by Crippen LogP contribution is 2.35. The summed E-state index contributed by atoms with van der Waals surface area (Å²) in [7, 11) is 0. The molecule has 0 radical (unpaired) electrons. The van der Waals surface area contributed by atoms with Crippen molar-refractivity contribution in [1.82, 2.24) is 4.98 Å². The van der Waals surface area contributed by atoms with Crippen LogP contribution in [0.1, 0.15) is 29.4 Å². The van der Waals surface area contributed by atoms with Crippen LogP contribution in [0.5, 0.6) is 11.6 Å². The highest BCUT2D eigenvalue weighted by molar-refractivity contribution is 5.90. The minimum absolute atomic E-state index is 0.147. The minimum atomic E-state index is -5.28. The van der Waals surface area contributed by atoms with Crippen molar-refractivity contribution < 1.29 is 41.3 Å². The number of carbonyl (C=O) groups excluding carboxylic acids is 1. The molecule has 1 rings (SSSR count). The van der Waals surface area contributed by atoms with Crippen LogP contribution in [0.2, 0.25) is 0 Å². The highest BCUT2D eigenvalue weighted by atomic mass is 19.4. The number of hydrogen-bond donors (Lipinski definition) is 1. The number of halogens is 5. The molecule has 0 fully saturated rings. The van der Waals surface area contributed by atoms with E-state index in [1.165, 1.54) is 6.92 Å². The van der Waals surface area contributed by atoms with Crippen molar-refractivity contribution in [3.63, 3.8) is 0 Å². The number of alkyl halides is 5. The van der Waals surface area contributed by atoms with Gasteiger partial charge in [-0.3, -0.25) is 0 Å². The molecule has 5 nitrogen and oxygen atoms in total. The first-order valence-electron chi connectivity index (χ1n) is 5.10. The zero-order valence-electron chi connectivity index (χ0n) is 9.87. The maximum Gasteiger partial charge on any atom is 0.574 e. The van der Waals surface area contributed by atoms with Gasteiger partial charge < -0.3 is 14.6 Å². The van der Waals surface area contributed by atoms with E-state index < -0.39 is 41.6 Å². The van der Waals surface area contributed by atoms with Crippen LogP contribution in [0.15, 0.2) is 6.07 Å². The van der Waals surface area contributed by atoms with E-state index in [1.54, 1.807) is 0 Å². The summed E-state index contributed by atoms with van der Waals surface area (Å²) in [6.07, 6.45) is -8.67. The van der Waals surface area contributed by atoms with Gasteiger partial charge in [0.25, 0.3) is 6.43 Å². The monoisotopic (exact) mass is 301 g/mol. The van der Waals surface area contributed by atoms with Gasteiger partial charge in [-0.1, -0.05) is 0 Å². The zero-order valence-corrected chi connectivity index (χ0v) is 9.87. The lowest BCUT2D eigenvalue weighted by atomic mass is 10.2. The van der Waals surface area contributed by atoms with Crippen LogP contribution < -0.4 is 4.74 Å². The van der Waals surface area contributed by atoms with Crippen LogP contribution in [-0.2, 0) is 4.74 Å². The Hall–Kier alpha value is -2.13. The van der Waals surface area contributed by atoms with Gasteiger partial charge in [0.15, 0.2) is 5.69 Å². The Balaban J connectivity index is 3.30. The number of esters is 1. The Kier molecular flexibility index (Phi) is 4.69. The summed E-state index contributed by atoms with van der Waals surface area (Å²) in [6, 6.07) is 0.269. The molecule has 0 aliphatic carbocycles. The third kappa shape index (κ3) is 3.93. The Labute approximate surface area is 108 Å². The van der Waals surface area contributed by atoms with Crippen molar-refractivity contribution >= 4 is 5.97 Å². The van der Waals surface area contributed by atoms with E-state index in [0.717, 1.165) is 0 Å². The molecule has 0 atom stereocenters. The first-order chi connectivity index (χ1) is 9.15. The molecule has 0 aromatic carbocycles. The fourth-order valence-electron chi connectivity index (χ4n) is 1.20. The molecular weight excluding hydrogens is 293 g/mol. The van der Waals surface area contributed by atoms with E-state index in [1.807, 2.05) is 0 Å². The molecule has 112 valence electrons.